The molecule has 15 rings (SSSR count). The number of methoxy groups -OCH3 is 4. The third kappa shape index (κ3) is 4.54. The molecule has 9 aliphatic heterocycles. The highest BCUT2D eigenvalue weighted by atomic mass is 16.5. The van der Waals surface area contributed by atoms with Gasteiger partial charge in [0, 0.05) is 71.9 Å². The number of piperidine rings is 2. The first-order chi connectivity index (χ1) is 32.4. The summed E-state index contributed by atoms with van der Waals surface area (Å²) < 4.78 is 40.8. The second kappa shape index (κ2) is 13.4. The van der Waals surface area contributed by atoms with Gasteiger partial charge in [0.25, 0.3) is 0 Å². The van der Waals surface area contributed by atoms with E-state index in [1.54, 1.807) is 50.7 Å². The van der Waals surface area contributed by atoms with Crippen molar-refractivity contribution in [3.05, 3.63) is 130 Å². The van der Waals surface area contributed by atoms with E-state index in [4.69, 9.17) is 28.4 Å². The van der Waals surface area contributed by atoms with Gasteiger partial charge in [0.05, 0.1) is 77.7 Å². The Balaban J connectivity index is 0.924. The molecule has 2 aliphatic carbocycles. The van der Waals surface area contributed by atoms with Gasteiger partial charge in [-0.25, -0.2) is 0 Å². The fourth-order valence-electron chi connectivity index (χ4n) is 18.5. The van der Waals surface area contributed by atoms with Crippen LogP contribution in [-0.2, 0) is 33.4 Å². The van der Waals surface area contributed by atoms with E-state index in [1.165, 1.54) is 48.2 Å². The summed E-state index contributed by atoms with van der Waals surface area (Å²) in [4.78, 5) is 5.95. The molecule has 11 aliphatic rings. The van der Waals surface area contributed by atoms with Crippen molar-refractivity contribution in [1.82, 2.24) is 0 Å². The van der Waals surface area contributed by atoms with Crippen molar-refractivity contribution in [2.24, 2.45) is 23.7 Å². The summed E-state index contributed by atoms with van der Waals surface area (Å²) in [6.45, 7) is 7.73. The lowest BCUT2D eigenvalue weighted by molar-refractivity contribution is -0.955. The van der Waals surface area contributed by atoms with E-state index in [2.05, 4.69) is 107 Å². The van der Waals surface area contributed by atoms with Crippen LogP contribution in [0.3, 0.4) is 0 Å². The summed E-state index contributed by atoms with van der Waals surface area (Å²) in [5, 5.41) is 0. The molecule has 2 spiro atoms. The number of hydrogen-bond acceptors (Lipinski definition) is 8. The van der Waals surface area contributed by atoms with Crippen LogP contribution in [0.2, 0.25) is 0 Å². The second-order valence-electron chi connectivity index (χ2n) is 22.1. The van der Waals surface area contributed by atoms with Gasteiger partial charge in [-0.05, 0) is 70.8 Å². The third-order valence-electron chi connectivity index (χ3n) is 20.4. The van der Waals surface area contributed by atoms with E-state index in [0.29, 0.717) is 37.1 Å². The van der Waals surface area contributed by atoms with Crippen molar-refractivity contribution in [2.75, 3.05) is 77.6 Å². The van der Waals surface area contributed by atoms with Crippen LogP contribution in [0.15, 0.2) is 108 Å². The molecule has 5 saturated heterocycles. The minimum Gasteiger partial charge on any atom is -0.493 e. The molecule has 0 N–H and O–H groups in total. The summed E-state index contributed by atoms with van der Waals surface area (Å²) in [5.74, 6) is 4.63. The third-order valence-corrected chi connectivity index (χ3v) is 20.4. The molecule has 0 radical (unpaired) electrons. The molecule has 14 atom stereocenters. The number of anilines is 2. The SMILES string of the molecule is COc1ccc(C[N+]23CC[C@@]45c6ccccc6N6[C@@H]7OCC=C8C[N+]9(Cc%10ccc(OC)c(OC)c%10)CC[C@]%10%11c%12ccccc%12N([C@@H]%12OCC=C(C2)[C@H](C[C@@H]43)[C@@H]%12[C@H]65)[C@H]%10[C@H]7[C@H]8C[C@@H]%119)cc1OC. The van der Waals surface area contributed by atoms with Crippen molar-refractivity contribution in [2.45, 2.75) is 86.2 Å². The predicted octanol–water partition coefficient (Wildman–Crippen LogP) is 7.73. The van der Waals surface area contributed by atoms with Crippen molar-refractivity contribution in [3.8, 4) is 23.0 Å². The Labute approximate surface area is 388 Å². The summed E-state index contributed by atoms with van der Waals surface area (Å²) in [5.41, 5.74) is 11.8. The fourth-order valence-corrected chi connectivity index (χ4v) is 18.5. The van der Waals surface area contributed by atoms with Crippen LogP contribution in [0.5, 0.6) is 23.0 Å². The first-order valence-electron chi connectivity index (χ1n) is 24.9. The summed E-state index contributed by atoms with van der Waals surface area (Å²) >= 11 is 0. The Morgan fingerprint density at radius 1 is 0.561 bits per heavy atom. The average Bonchev–Trinajstić information content (AvgIpc) is 3.97. The van der Waals surface area contributed by atoms with Gasteiger partial charge >= 0.3 is 0 Å². The number of fused-ring (bicyclic) bond motifs is 6. The number of hydrogen-bond donors (Lipinski definition) is 0. The first-order valence-corrected chi connectivity index (χ1v) is 24.9. The molecule has 66 heavy (non-hydrogen) atoms. The zero-order valence-corrected chi connectivity index (χ0v) is 38.7. The number of benzene rings is 4. The highest BCUT2D eigenvalue weighted by Gasteiger charge is 2.81. The molecule has 4 bridgehead atoms. The molecule has 2 unspecified atom stereocenters. The van der Waals surface area contributed by atoms with Crippen LogP contribution in [0.1, 0.15) is 47.9 Å². The van der Waals surface area contributed by atoms with Gasteiger partial charge in [0.15, 0.2) is 23.0 Å². The lowest BCUT2D eigenvalue weighted by Gasteiger charge is -2.65. The fraction of sp³-hybridized carbons (Fsp3) is 0.500. The lowest BCUT2D eigenvalue weighted by atomic mass is 9.52. The number of ether oxygens (including phenoxy) is 6. The monoisotopic (exact) mass is 886 g/mol. The van der Waals surface area contributed by atoms with Crippen LogP contribution >= 0.6 is 0 Å². The van der Waals surface area contributed by atoms with Crippen molar-refractivity contribution >= 4 is 11.4 Å². The Kier molecular flexibility index (Phi) is 7.91. The lowest BCUT2D eigenvalue weighted by Crippen LogP contribution is -2.78. The van der Waals surface area contributed by atoms with E-state index < -0.39 is 0 Å². The zero-order valence-electron chi connectivity index (χ0n) is 38.7. The summed E-state index contributed by atoms with van der Waals surface area (Å²) in [6, 6.07) is 34.1. The van der Waals surface area contributed by atoms with Crippen molar-refractivity contribution in [1.29, 1.82) is 0 Å². The molecule has 7 fully saturated rings. The maximum Gasteiger partial charge on any atom is 0.161 e. The smallest absolute Gasteiger partial charge is 0.161 e. The van der Waals surface area contributed by atoms with Gasteiger partial charge in [-0.1, -0.05) is 48.6 Å². The van der Waals surface area contributed by atoms with Gasteiger partial charge in [0.2, 0.25) is 0 Å². The van der Waals surface area contributed by atoms with Crippen LogP contribution in [0.25, 0.3) is 0 Å². The minimum atomic E-state index is -0.0517. The molecule has 4 aromatic rings. The Hall–Kier alpha value is -5.00. The van der Waals surface area contributed by atoms with Gasteiger partial charge in [-0.2, -0.15) is 0 Å². The van der Waals surface area contributed by atoms with E-state index in [1.807, 2.05) is 0 Å². The van der Waals surface area contributed by atoms with E-state index in [0.717, 1.165) is 71.2 Å². The van der Waals surface area contributed by atoms with Gasteiger partial charge in [-0.3, -0.25) is 0 Å². The van der Waals surface area contributed by atoms with Crippen molar-refractivity contribution < 1.29 is 37.4 Å². The first kappa shape index (κ1) is 39.0. The van der Waals surface area contributed by atoms with Gasteiger partial charge < -0.3 is 47.2 Å². The molecule has 4 aromatic carbocycles. The highest BCUT2D eigenvalue weighted by molar-refractivity contribution is 5.72. The normalized spacial score (nSPS) is 40.5. The zero-order chi connectivity index (χ0) is 43.9. The molecule has 340 valence electrons. The number of nitrogens with zero attached hydrogens (tertiary/aromatic N) is 4. The molecule has 10 heteroatoms. The number of quaternary nitrogens is 2. The standard InChI is InChI=1S/C56H62N4O6/c1-61-43-15-13-33(25-45(43)63-3)29-59-21-19-55-39-9-5-7-11-41(39)57-51(55)49-37(27-47(55)59)35(31-59)17-23-65-53(49)58-42-12-8-6-10-40(42)56-20-22-60(30-34-14-16-44(62-2)46(26-34)64-4)32-36-18-24-66-54(57)50(52(56)58)38(36)28-48(56)60/h5-18,25-26,37-38,47-54H,19-24,27-32H2,1-4H3/q+2/t37-,38-,47-,48-,49+,50+,51-,52-,53+,54+,55+,56+,59?,60?/m0/s1. The molecule has 0 aromatic heterocycles. The van der Waals surface area contributed by atoms with Crippen LogP contribution < -0.4 is 28.7 Å². The molecule has 2 saturated carbocycles. The summed E-state index contributed by atoms with van der Waals surface area (Å²) in [6.07, 6.45) is 9.71. The largest absolute Gasteiger partial charge is 0.493 e. The topological polar surface area (TPSA) is 61.9 Å². The van der Waals surface area contributed by atoms with E-state index in [-0.39, 0.29) is 47.2 Å². The molecule has 9 heterocycles. The molecular weight excluding hydrogens is 825 g/mol. The summed E-state index contributed by atoms with van der Waals surface area (Å²) in [7, 11) is 6.99. The van der Waals surface area contributed by atoms with Crippen LogP contribution in [-0.4, -0.2) is 113 Å². The van der Waals surface area contributed by atoms with E-state index in [9.17, 15) is 0 Å². The van der Waals surface area contributed by atoms with Crippen molar-refractivity contribution in [3.63, 3.8) is 0 Å². The number of para-hydroxylation sites is 2. The average molecular weight is 887 g/mol. The predicted molar refractivity (Wildman–Crippen MR) is 251 cm³/mol. The van der Waals surface area contributed by atoms with Crippen LogP contribution in [0, 0.1) is 23.7 Å². The molecule has 10 nitrogen and oxygen atoms in total. The Bertz CT molecular complexity index is 2610. The Morgan fingerprint density at radius 2 is 1.00 bits per heavy atom. The highest BCUT2D eigenvalue weighted by Crippen LogP contribution is 2.73. The van der Waals surface area contributed by atoms with Gasteiger partial charge in [0.1, 0.15) is 50.7 Å². The maximum atomic E-state index is 7.70. The van der Waals surface area contributed by atoms with Crippen LogP contribution in [0.4, 0.5) is 11.4 Å². The maximum absolute atomic E-state index is 7.70. The molecule has 0 amide bonds. The van der Waals surface area contributed by atoms with E-state index >= 15 is 0 Å². The second-order valence-corrected chi connectivity index (χ2v) is 22.1. The van der Waals surface area contributed by atoms with Gasteiger partial charge in [-0.15, -0.1) is 0 Å². The number of rotatable bonds is 8. The quantitative estimate of drug-likeness (QED) is 0.132. The minimum absolute atomic E-state index is 0.0376. The molecular formula is C56H62N4O6+2. The Morgan fingerprint density at radius 3 is 1.44 bits per heavy atom.